The van der Waals surface area contributed by atoms with Crippen LogP contribution >= 0.6 is 22.6 Å². The number of halogens is 1. The molecule has 0 amide bonds. The SMILES string of the molecule is CC(C)(C)C1=CCC(I)C=C1. The number of hydrogen-bond acceptors (Lipinski definition) is 0. The lowest BCUT2D eigenvalue weighted by Gasteiger charge is -2.23. The van der Waals surface area contributed by atoms with E-state index < -0.39 is 0 Å². The van der Waals surface area contributed by atoms with Gasteiger partial charge in [0.25, 0.3) is 0 Å². The van der Waals surface area contributed by atoms with Crippen molar-refractivity contribution in [1.29, 1.82) is 0 Å². The third kappa shape index (κ3) is 2.62. The van der Waals surface area contributed by atoms with Crippen molar-refractivity contribution in [1.82, 2.24) is 0 Å². The Morgan fingerprint density at radius 2 is 2.09 bits per heavy atom. The Balaban J connectivity index is 2.71. The summed E-state index contributed by atoms with van der Waals surface area (Å²) >= 11 is 2.46. The molecular formula is C10H15I. The molecule has 1 heteroatoms. The molecule has 1 aliphatic rings. The monoisotopic (exact) mass is 262 g/mol. The van der Waals surface area contributed by atoms with E-state index in [0.717, 1.165) is 0 Å². The van der Waals surface area contributed by atoms with Crippen LogP contribution in [0.1, 0.15) is 27.2 Å². The van der Waals surface area contributed by atoms with Crippen LogP contribution in [0.5, 0.6) is 0 Å². The second kappa shape index (κ2) is 3.30. The lowest BCUT2D eigenvalue weighted by Crippen LogP contribution is -2.10. The molecule has 0 radical (unpaired) electrons. The van der Waals surface area contributed by atoms with E-state index in [1.807, 2.05) is 0 Å². The van der Waals surface area contributed by atoms with E-state index in [9.17, 15) is 0 Å². The first kappa shape index (κ1) is 9.30. The second-order valence-corrected chi connectivity index (χ2v) is 5.62. The molecule has 1 aliphatic carbocycles. The zero-order chi connectivity index (χ0) is 8.48. The molecule has 0 saturated heterocycles. The van der Waals surface area contributed by atoms with Crippen LogP contribution in [0.3, 0.4) is 0 Å². The zero-order valence-corrected chi connectivity index (χ0v) is 9.55. The summed E-state index contributed by atoms with van der Waals surface area (Å²) in [6, 6.07) is 0. The summed E-state index contributed by atoms with van der Waals surface area (Å²) in [4.78, 5) is 0. The molecule has 0 aromatic carbocycles. The molecule has 0 aliphatic heterocycles. The van der Waals surface area contributed by atoms with Crippen molar-refractivity contribution in [3.05, 3.63) is 23.8 Å². The van der Waals surface area contributed by atoms with Gasteiger partial charge in [-0.25, -0.2) is 0 Å². The first-order valence-corrected chi connectivity index (χ1v) is 5.27. The van der Waals surface area contributed by atoms with Gasteiger partial charge < -0.3 is 0 Å². The summed E-state index contributed by atoms with van der Waals surface area (Å²) < 4.78 is 0.707. The average Bonchev–Trinajstić information content (AvgIpc) is 1.86. The lowest BCUT2D eigenvalue weighted by atomic mass is 9.84. The maximum atomic E-state index is 2.46. The van der Waals surface area contributed by atoms with Crippen LogP contribution in [0, 0.1) is 5.41 Å². The number of allylic oxidation sites excluding steroid dienone is 4. The van der Waals surface area contributed by atoms with Crippen molar-refractivity contribution in [3.63, 3.8) is 0 Å². The zero-order valence-electron chi connectivity index (χ0n) is 7.39. The van der Waals surface area contributed by atoms with Gasteiger partial charge in [-0.2, -0.15) is 0 Å². The topological polar surface area (TPSA) is 0 Å². The van der Waals surface area contributed by atoms with Crippen LogP contribution in [-0.4, -0.2) is 3.92 Å². The van der Waals surface area contributed by atoms with Gasteiger partial charge >= 0.3 is 0 Å². The highest BCUT2D eigenvalue weighted by Gasteiger charge is 2.16. The molecule has 0 spiro atoms. The highest BCUT2D eigenvalue weighted by molar-refractivity contribution is 14.1. The molecule has 0 nitrogen and oxygen atoms in total. The quantitative estimate of drug-likeness (QED) is 0.461. The van der Waals surface area contributed by atoms with Gasteiger partial charge in [0.15, 0.2) is 0 Å². The molecule has 1 rings (SSSR count). The maximum Gasteiger partial charge on any atom is 0.0327 e. The van der Waals surface area contributed by atoms with E-state index in [4.69, 9.17) is 0 Å². The van der Waals surface area contributed by atoms with Crippen LogP contribution in [0.15, 0.2) is 23.8 Å². The minimum Gasteiger partial charge on any atom is -0.0794 e. The fraction of sp³-hybridized carbons (Fsp3) is 0.600. The Morgan fingerprint density at radius 1 is 1.45 bits per heavy atom. The van der Waals surface area contributed by atoms with Crippen molar-refractivity contribution < 1.29 is 0 Å². The number of alkyl halides is 1. The fourth-order valence-electron chi connectivity index (χ4n) is 1.15. The van der Waals surface area contributed by atoms with Crippen LogP contribution in [-0.2, 0) is 0 Å². The Bertz CT molecular complexity index is 193. The number of rotatable bonds is 0. The molecule has 0 fully saturated rings. The molecule has 11 heavy (non-hydrogen) atoms. The second-order valence-electron chi connectivity index (χ2n) is 4.02. The molecule has 1 unspecified atom stereocenters. The molecule has 0 saturated carbocycles. The van der Waals surface area contributed by atoms with Gasteiger partial charge in [0, 0.05) is 3.92 Å². The average molecular weight is 262 g/mol. The van der Waals surface area contributed by atoms with Gasteiger partial charge in [-0.15, -0.1) is 0 Å². The fourth-order valence-corrected chi connectivity index (χ4v) is 1.61. The summed E-state index contributed by atoms with van der Waals surface area (Å²) in [6.45, 7) is 6.78. The van der Waals surface area contributed by atoms with E-state index in [1.165, 1.54) is 12.0 Å². The summed E-state index contributed by atoms with van der Waals surface area (Å²) in [7, 11) is 0. The van der Waals surface area contributed by atoms with Crippen molar-refractivity contribution in [2.45, 2.75) is 31.1 Å². The van der Waals surface area contributed by atoms with Gasteiger partial charge in [0.1, 0.15) is 0 Å². The molecule has 0 N–H and O–H groups in total. The summed E-state index contributed by atoms with van der Waals surface area (Å²) in [6.07, 6.45) is 8.11. The minimum absolute atomic E-state index is 0.327. The lowest BCUT2D eigenvalue weighted by molar-refractivity contribution is 0.513. The van der Waals surface area contributed by atoms with Gasteiger partial charge in [-0.05, 0) is 17.4 Å². The van der Waals surface area contributed by atoms with Crippen molar-refractivity contribution in [2.24, 2.45) is 5.41 Å². The minimum atomic E-state index is 0.327. The predicted octanol–water partition coefficient (Wildman–Crippen LogP) is 3.72. The Labute approximate surface area is 82.9 Å². The number of hydrogen-bond donors (Lipinski definition) is 0. The van der Waals surface area contributed by atoms with Crippen LogP contribution in [0.2, 0.25) is 0 Å². The molecule has 0 aromatic rings. The van der Waals surface area contributed by atoms with E-state index in [0.29, 0.717) is 9.34 Å². The maximum absolute atomic E-state index is 2.46. The standard InChI is InChI=1S/C10H15I/c1-10(2,3)8-4-6-9(11)7-5-8/h4-6,9H,7H2,1-3H3. The predicted molar refractivity (Wildman–Crippen MR) is 59.1 cm³/mol. The third-order valence-electron chi connectivity index (χ3n) is 1.91. The highest BCUT2D eigenvalue weighted by Crippen LogP contribution is 2.30. The molecule has 0 aromatic heterocycles. The largest absolute Gasteiger partial charge is 0.0794 e. The normalized spacial score (nSPS) is 25.1. The van der Waals surface area contributed by atoms with Gasteiger partial charge in [-0.1, -0.05) is 61.6 Å². The van der Waals surface area contributed by atoms with Crippen LogP contribution in [0.25, 0.3) is 0 Å². The van der Waals surface area contributed by atoms with E-state index >= 15 is 0 Å². The smallest absolute Gasteiger partial charge is 0.0327 e. The van der Waals surface area contributed by atoms with E-state index in [2.05, 4.69) is 61.6 Å². The van der Waals surface area contributed by atoms with Gasteiger partial charge in [0.05, 0.1) is 0 Å². The van der Waals surface area contributed by atoms with Gasteiger partial charge in [0.2, 0.25) is 0 Å². The van der Waals surface area contributed by atoms with Crippen LogP contribution < -0.4 is 0 Å². The molecule has 62 valence electrons. The molecule has 0 heterocycles. The molecule has 1 atom stereocenters. The Hall–Kier alpha value is 0.210. The first-order valence-electron chi connectivity index (χ1n) is 4.03. The highest BCUT2D eigenvalue weighted by atomic mass is 127. The Kier molecular flexibility index (Phi) is 2.79. The third-order valence-corrected chi connectivity index (χ3v) is 2.84. The van der Waals surface area contributed by atoms with Crippen molar-refractivity contribution >= 4 is 22.6 Å². The van der Waals surface area contributed by atoms with E-state index in [1.54, 1.807) is 0 Å². The molecular weight excluding hydrogens is 247 g/mol. The summed E-state index contributed by atoms with van der Waals surface area (Å²) in [5, 5.41) is 0. The van der Waals surface area contributed by atoms with Crippen molar-refractivity contribution in [3.8, 4) is 0 Å². The summed E-state index contributed by atoms with van der Waals surface area (Å²) in [5.41, 5.74) is 1.80. The molecule has 0 bridgehead atoms. The Morgan fingerprint density at radius 3 is 2.45 bits per heavy atom. The first-order chi connectivity index (χ1) is 5.00. The van der Waals surface area contributed by atoms with Crippen LogP contribution in [0.4, 0.5) is 0 Å². The van der Waals surface area contributed by atoms with Crippen molar-refractivity contribution in [2.75, 3.05) is 0 Å². The summed E-state index contributed by atoms with van der Waals surface area (Å²) in [5.74, 6) is 0. The van der Waals surface area contributed by atoms with E-state index in [-0.39, 0.29) is 0 Å². The van der Waals surface area contributed by atoms with Gasteiger partial charge in [-0.3, -0.25) is 0 Å².